The van der Waals surface area contributed by atoms with Gasteiger partial charge in [0, 0.05) is 47.6 Å². The Balaban J connectivity index is 1.34. The molecule has 8 nitrogen and oxygen atoms in total. The molecule has 1 N–H and O–H groups in total. The molecular weight excluding hydrogens is 497 g/mol. The number of benzene rings is 1. The van der Waals surface area contributed by atoms with Gasteiger partial charge < -0.3 is 14.6 Å². The molecule has 38 heavy (non-hydrogen) atoms. The van der Waals surface area contributed by atoms with Crippen LogP contribution in [0.15, 0.2) is 61.1 Å². The molecule has 11 heteroatoms. The molecule has 1 aliphatic rings. The number of aromatic amines is 1. The SMILES string of the molecule is O=C(c1ccc(-c2ccc3ncc(C#Cc4c(C(F)(F)F)cnc5[nH]ccc45)n3n2)cc1)N1CCOCC1. The molecule has 0 atom stereocenters. The maximum atomic E-state index is 13.6. The number of aromatic nitrogens is 5. The van der Waals surface area contributed by atoms with E-state index in [9.17, 15) is 18.0 Å². The number of nitrogens with one attached hydrogen (secondary N) is 1. The van der Waals surface area contributed by atoms with Gasteiger partial charge in [0.15, 0.2) is 5.65 Å². The number of nitrogens with zero attached hydrogens (tertiary/aromatic N) is 5. The van der Waals surface area contributed by atoms with Crippen molar-refractivity contribution in [2.75, 3.05) is 26.3 Å². The Morgan fingerprint density at radius 2 is 1.76 bits per heavy atom. The number of amides is 1. The molecule has 0 unspecified atom stereocenters. The van der Waals surface area contributed by atoms with Gasteiger partial charge in [0.05, 0.1) is 30.7 Å². The summed E-state index contributed by atoms with van der Waals surface area (Å²) in [4.78, 5) is 25.4. The van der Waals surface area contributed by atoms with Crippen LogP contribution in [0.5, 0.6) is 0 Å². The third-order valence-electron chi connectivity index (χ3n) is 6.30. The summed E-state index contributed by atoms with van der Waals surface area (Å²) in [5.74, 6) is 5.42. The van der Waals surface area contributed by atoms with Crippen molar-refractivity contribution in [1.82, 2.24) is 29.5 Å². The van der Waals surface area contributed by atoms with Crippen molar-refractivity contribution in [2.45, 2.75) is 6.18 Å². The van der Waals surface area contributed by atoms with E-state index in [4.69, 9.17) is 4.74 Å². The third-order valence-corrected chi connectivity index (χ3v) is 6.30. The fraction of sp³-hybridized carbons (Fsp3) is 0.185. The molecule has 0 aliphatic carbocycles. The fourth-order valence-electron chi connectivity index (χ4n) is 4.33. The highest BCUT2D eigenvalue weighted by Gasteiger charge is 2.34. The summed E-state index contributed by atoms with van der Waals surface area (Å²) in [6.45, 7) is 2.17. The van der Waals surface area contributed by atoms with E-state index in [2.05, 4.69) is 31.9 Å². The third kappa shape index (κ3) is 4.35. The van der Waals surface area contributed by atoms with E-state index >= 15 is 0 Å². The number of carbonyl (C=O) groups is 1. The van der Waals surface area contributed by atoms with E-state index in [1.165, 1.54) is 23.0 Å². The number of hydrogen-bond donors (Lipinski definition) is 1. The number of H-pyrrole nitrogens is 1. The van der Waals surface area contributed by atoms with Crippen molar-refractivity contribution >= 4 is 22.6 Å². The summed E-state index contributed by atoms with van der Waals surface area (Å²) in [5.41, 5.74) is 1.99. The van der Waals surface area contributed by atoms with E-state index in [0.29, 0.717) is 54.5 Å². The van der Waals surface area contributed by atoms with Crippen molar-refractivity contribution in [2.24, 2.45) is 0 Å². The first-order valence-electron chi connectivity index (χ1n) is 11.8. The molecule has 0 radical (unpaired) electrons. The van der Waals surface area contributed by atoms with Crippen LogP contribution >= 0.6 is 0 Å². The monoisotopic (exact) mass is 516 g/mol. The zero-order valence-electron chi connectivity index (χ0n) is 19.8. The van der Waals surface area contributed by atoms with Gasteiger partial charge in [0.25, 0.3) is 5.91 Å². The molecule has 5 aromatic rings. The Labute approximate surface area is 214 Å². The molecule has 5 heterocycles. The lowest BCUT2D eigenvalue weighted by Gasteiger charge is -2.26. The number of ether oxygens (including phenoxy) is 1. The van der Waals surface area contributed by atoms with Crippen LogP contribution in [0, 0.1) is 11.8 Å². The zero-order valence-corrected chi connectivity index (χ0v) is 19.8. The van der Waals surface area contributed by atoms with E-state index < -0.39 is 11.7 Å². The largest absolute Gasteiger partial charge is 0.419 e. The Bertz CT molecular complexity index is 1720. The minimum atomic E-state index is -4.61. The van der Waals surface area contributed by atoms with Gasteiger partial charge in [-0.25, -0.2) is 14.5 Å². The highest BCUT2D eigenvalue weighted by Crippen LogP contribution is 2.34. The molecule has 190 valence electrons. The molecule has 0 spiro atoms. The average molecular weight is 516 g/mol. The van der Waals surface area contributed by atoms with Crippen LogP contribution < -0.4 is 0 Å². The van der Waals surface area contributed by atoms with Crippen LogP contribution in [0.3, 0.4) is 0 Å². The first-order valence-corrected chi connectivity index (χ1v) is 11.8. The van der Waals surface area contributed by atoms with E-state index in [1.807, 2.05) is 0 Å². The average Bonchev–Trinajstić information content (AvgIpc) is 3.58. The minimum Gasteiger partial charge on any atom is -0.378 e. The lowest BCUT2D eigenvalue weighted by atomic mass is 10.1. The molecule has 1 amide bonds. The van der Waals surface area contributed by atoms with Crippen LogP contribution in [0.1, 0.15) is 27.2 Å². The topological polar surface area (TPSA) is 88.4 Å². The summed E-state index contributed by atoms with van der Waals surface area (Å²) >= 11 is 0. The Hall–Kier alpha value is -4.69. The van der Waals surface area contributed by atoms with Crippen LogP contribution in [-0.4, -0.2) is 61.7 Å². The highest BCUT2D eigenvalue weighted by molar-refractivity contribution is 5.94. The minimum absolute atomic E-state index is 0.0544. The zero-order chi connectivity index (χ0) is 26.3. The predicted octanol–water partition coefficient (Wildman–Crippen LogP) is 4.16. The standard InChI is InChI=1S/C27H19F3N6O2/c28-27(29,30)22-16-33-25-21(9-10-31-25)20(22)6-5-19-15-32-24-8-7-23(34-36(19)24)17-1-3-18(4-2-17)26(37)35-11-13-38-14-12-35/h1-4,7-10,15-16H,11-14H2,(H,31,33). The maximum Gasteiger partial charge on any atom is 0.419 e. The molecule has 4 aromatic heterocycles. The van der Waals surface area contributed by atoms with Gasteiger partial charge in [-0.05, 0) is 36.3 Å². The van der Waals surface area contributed by atoms with Gasteiger partial charge in [0.1, 0.15) is 11.3 Å². The second-order valence-electron chi connectivity index (χ2n) is 8.65. The van der Waals surface area contributed by atoms with Crippen molar-refractivity contribution in [3.63, 3.8) is 0 Å². The van der Waals surface area contributed by atoms with Gasteiger partial charge in [0.2, 0.25) is 0 Å². The number of morpholine rings is 1. The second-order valence-corrected chi connectivity index (χ2v) is 8.65. The number of alkyl halides is 3. The number of fused-ring (bicyclic) bond motifs is 2. The van der Waals surface area contributed by atoms with E-state index in [-0.39, 0.29) is 16.9 Å². The van der Waals surface area contributed by atoms with Crippen molar-refractivity contribution in [1.29, 1.82) is 0 Å². The van der Waals surface area contributed by atoms with Crippen molar-refractivity contribution in [3.05, 3.63) is 83.4 Å². The van der Waals surface area contributed by atoms with Gasteiger partial charge in [-0.1, -0.05) is 18.1 Å². The Morgan fingerprint density at radius 3 is 2.53 bits per heavy atom. The molecule has 0 saturated carbocycles. The van der Waals surface area contributed by atoms with E-state index in [0.717, 1.165) is 11.8 Å². The predicted molar refractivity (Wildman–Crippen MR) is 132 cm³/mol. The number of imidazole rings is 1. The number of rotatable bonds is 2. The Morgan fingerprint density at radius 1 is 0.974 bits per heavy atom. The summed E-state index contributed by atoms with van der Waals surface area (Å²) in [5, 5.41) is 4.88. The second kappa shape index (κ2) is 9.32. The van der Waals surface area contributed by atoms with Gasteiger partial charge in [-0.15, -0.1) is 0 Å². The fourth-order valence-corrected chi connectivity index (χ4v) is 4.33. The van der Waals surface area contributed by atoms with Crippen LogP contribution in [0.2, 0.25) is 0 Å². The van der Waals surface area contributed by atoms with Crippen LogP contribution in [0.25, 0.3) is 27.9 Å². The number of halogens is 3. The van der Waals surface area contributed by atoms with Crippen LogP contribution in [0.4, 0.5) is 13.2 Å². The number of hydrogen-bond acceptors (Lipinski definition) is 5. The normalized spacial score (nSPS) is 14.0. The summed E-state index contributed by atoms with van der Waals surface area (Å²) in [7, 11) is 0. The number of pyridine rings is 1. The number of carbonyl (C=O) groups excluding carboxylic acids is 1. The van der Waals surface area contributed by atoms with Crippen molar-refractivity contribution in [3.8, 4) is 23.1 Å². The smallest absolute Gasteiger partial charge is 0.378 e. The summed E-state index contributed by atoms with van der Waals surface area (Å²) in [6.07, 6.45) is -0.847. The molecule has 1 fully saturated rings. The first-order chi connectivity index (χ1) is 18.4. The Kier molecular flexibility index (Phi) is 5.81. The van der Waals surface area contributed by atoms with Gasteiger partial charge >= 0.3 is 6.18 Å². The van der Waals surface area contributed by atoms with Gasteiger partial charge in [-0.3, -0.25) is 4.79 Å². The summed E-state index contributed by atoms with van der Waals surface area (Å²) in [6, 6.07) is 12.2. The molecule has 1 aliphatic heterocycles. The van der Waals surface area contributed by atoms with Crippen molar-refractivity contribution < 1.29 is 22.7 Å². The first kappa shape index (κ1) is 23.7. The molecule has 6 rings (SSSR count). The van der Waals surface area contributed by atoms with E-state index in [1.54, 1.807) is 41.3 Å². The highest BCUT2D eigenvalue weighted by atomic mass is 19.4. The van der Waals surface area contributed by atoms with Crippen LogP contribution in [-0.2, 0) is 10.9 Å². The van der Waals surface area contributed by atoms with Gasteiger partial charge in [-0.2, -0.15) is 18.3 Å². The quantitative estimate of drug-likeness (QED) is 0.356. The maximum absolute atomic E-state index is 13.6. The lowest BCUT2D eigenvalue weighted by molar-refractivity contribution is -0.137. The molecule has 0 bridgehead atoms. The summed E-state index contributed by atoms with van der Waals surface area (Å²) < 4.78 is 47.7. The lowest BCUT2D eigenvalue weighted by Crippen LogP contribution is -2.40. The molecule has 1 aromatic carbocycles. The molecule has 1 saturated heterocycles. The molecular formula is C27H19F3N6O2.